The van der Waals surface area contributed by atoms with Crippen molar-refractivity contribution in [1.29, 1.82) is 0 Å². The Morgan fingerprint density at radius 1 is 1.35 bits per heavy atom. The van der Waals surface area contributed by atoms with E-state index in [2.05, 4.69) is 4.90 Å². The van der Waals surface area contributed by atoms with Crippen LogP contribution in [0.2, 0.25) is 0 Å². The maximum Gasteiger partial charge on any atom is 0.335 e. The van der Waals surface area contributed by atoms with E-state index in [0.29, 0.717) is 5.56 Å². The summed E-state index contributed by atoms with van der Waals surface area (Å²) in [6.07, 6.45) is 0.775. The lowest BCUT2D eigenvalue weighted by atomic mass is 9.94. The number of carboxylic acids is 1. The fourth-order valence-corrected chi connectivity index (χ4v) is 2.79. The summed E-state index contributed by atoms with van der Waals surface area (Å²) in [4.78, 5) is 13.5. The number of furan rings is 1. The summed E-state index contributed by atoms with van der Waals surface area (Å²) in [6.45, 7) is 4.34. The molecule has 2 heterocycles. The molecule has 0 unspecified atom stereocenters. The first-order valence-corrected chi connectivity index (χ1v) is 6.75. The number of hydrogen-bond donors (Lipinski definition) is 1. The first kappa shape index (κ1) is 12.9. The van der Waals surface area contributed by atoms with Crippen molar-refractivity contribution in [2.24, 2.45) is 0 Å². The molecule has 0 saturated carbocycles. The van der Waals surface area contributed by atoms with Crippen molar-refractivity contribution in [3.05, 3.63) is 58.5 Å². The highest BCUT2D eigenvalue weighted by Crippen LogP contribution is 2.24. The van der Waals surface area contributed by atoms with Gasteiger partial charge >= 0.3 is 5.97 Å². The van der Waals surface area contributed by atoms with Gasteiger partial charge in [-0.15, -0.1) is 0 Å². The van der Waals surface area contributed by atoms with Gasteiger partial charge in [-0.05, 0) is 42.7 Å². The standard InChI is InChI=1S/C16H17NO3/c1-11-5-6-13(20-11)10-17-8-7-14-12(9-17)3-2-4-15(14)16(18)19/h2-6H,7-10H2,1H3,(H,18,19). The number of nitrogens with zero attached hydrogens (tertiary/aromatic N) is 1. The molecule has 1 N–H and O–H groups in total. The van der Waals surface area contributed by atoms with E-state index in [1.54, 1.807) is 6.07 Å². The van der Waals surface area contributed by atoms with Gasteiger partial charge in [-0.3, -0.25) is 4.90 Å². The van der Waals surface area contributed by atoms with E-state index in [-0.39, 0.29) is 0 Å². The number of fused-ring (bicyclic) bond motifs is 1. The van der Waals surface area contributed by atoms with E-state index in [4.69, 9.17) is 4.42 Å². The summed E-state index contributed by atoms with van der Waals surface area (Å²) < 4.78 is 5.60. The second-order valence-corrected chi connectivity index (χ2v) is 5.22. The van der Waals surface area contributed by atoms with Crippen LogP contribution in [0.1, 0.15) is 33.0 Å². The van der Waals surface area contributed by atoms with E-state index >= 15 is 0 Å². The van der Waals surface area contributed by atoms with Crippen LogP contribution in [0.25, 0.3) is 0 Å². The lowest BCUT2D eigenvalue weighted by Crippen LogP contribution is -2.31. The van der Waals surface area contributed by atoms with Gasteiger partial charge in [-0.25, -0.2) is 4.79 Å². The summed E-state index contributed by atoms with van der Waals surface area (Å²) in [5.41, 5.74) is 2.53. The maximum absolute atomic E-state index is 11.2. The van der Waals surface area contributed by atoms with E-state index < -0.39 is 5.97 Å². The van der Waals surface area contributed by atoms with Crippen LogP contribution < -0.4 is 0 Å². The lowest BCUT2D eigenvalue weighted by Gasteiger charge is -2.28. The van der Waals surface area contributed by atoms with Crippen LogP contribution in [0.15, 0.2) is 34.7 Å². The Labute approximate surface area is 117 Å². The first-order chi connectivity index (χ1) is 9.63. The third-order valence-electron chi connectivity index (χ3n) is 3.75. The Bertz CT molecular complexity index is 645. The maximum atomic E-state index is 11.2. The molecule has 0 aliphatic carbocycles. The van der Waals surface area contributed by atoms with Crippen LogP contribution in [0.3, 0.4) is 0 Å². The van der Waals surface area contributed by atoms with Gasteiger partial charge in [0.05, 0.1) is 12.1 Å². The molecule has 1 aromatic carbocycles. The molecule has 3 rings (SSSR count). The quantitative estimate of drug-likeness (QED) is 0.932. The second kappa shape index (κ2) is 5.13. The molecular formula is C16H17NO3. The Balaban J connectivity index is 1.79. The number of benzene rings is 1. The molecule has 4 nitrogen and oxygen atoms in total. The van der Waals surface area contributed by atoms with Crippen molar-refractivity contribution in [2.75, 3.05) is 6.54 Å². The van der Waals surface area contributed by atoms with Crippen LogP contribution >= 0.6 is 0 Å². The minimum absolute atomic E-state index is 0.441. The zero-order valence-electron chi connectivity index (χ0n) is 11.4. The van der Waals surface area contributed by atoms with Gasteiger partial charge in [0.15, 0.2) is 0 Å². The molecular weight excluding hydrogens is 254 g/mol. The Morgan fingerprint density at radius 3 is 2.90 bits per heavy atom. The molecule has 0 fully saturated rings. The zero-order valence-corrected chi connectivity index (χ0v) is 11.4. The number of rotatable bonds is 3. The van der Waals surface area contributed by atoms with Crippen LogP contribution in [-0.4, -0.2) is 22.5 Å². The molecule has 1 aliphatic heterocycles. The highest BCUT2D eigenvalue weighted by molar-refractivity contribution is 5.89. The van der Waals surface area contributed by atoms with Gasteiger partial charge in [-0.1, -0.05) is 12.1 Å². The molecule has 0 saturated heterocycles. The number of carboxylic acid groups (broad SMARTS) is 1. The summed E-state index contributed by atoms with van der Waals surface area (Å²) in [6, 6.07) is 9.49. The fourth-order valence-electron chi connectivity index (χ4n) is 2.79. The van der Waals surface area contributed by atoms with E-state index in [9.17, 15) is 9.90 Å². The minimum atomic E-state index is -0.836. The Morgan fingerprint density at radius 2 is 2.20 bits per heavy atom. The molecule has 20 heavy (non-hydrogen) atoms. The van der Waals surface area contributed by atoms with E-state index in [0.717, 1.165) is 48.7 Å². The van der Waals surface area contributed by atoms with E-state index in [1.807, 2.05) is 31.2 Å². The minimum Gasteiger partial charge on any atom is -0.478 e. The number of carbonyl (C=O) groups is 1. The summed E-state index contributed by atoms with van der Waals surface area (Å²) in [7, 11) is 0. The van der Waals surface area contributed by atoms with Crippen LogP contribution in [0.4, 0.5) is 0 Å². The molecule has 1 aromatic heterocycles. The van der Waals surface area contributed by atoms with Crippen molar-refractivity contribution in [3.63, 3.8) is 0 Å². The molecule has 0 spiro atoms. The monoisotopic (exact) mass is 271 g/mol. The smallest absolute Gasteiger partial charge is 0.335 e. The van der Waals surface area contributed by atoms with Gasteiger partial charge < -0.3 is 9.52 Å². The van der Waals surface area contributed by atoms with Gasteiger partial charge in [0.25, 0.3) is 0 Å². The highest BCUT2D eigenvalue weighted by Gasteiger charge is 2.21. The highest BCUT2D eigenvalue weighted by atomic mass is 16.4. The van der Waals surface area contributed by atoms with Crippen molar-refractivity contribution < 1.29 is 14.3 Å². The average molecular weight is 271 g/mol. The zero-order chi connectivity index (χ0) is 14.1. The summed E-state index contributed by atoms with van der Waals surface area (Å²) in [5.74, 6) is 1.04. The third kappa shape index (κ3) is 2.47. The number of aryl methyl sites for hydroxylation is 1. The topological polar surface area (TPSA) is 53.7 Å². The predicted molar refractivity (Wildman–Crippen MR) is 74.7 cm³/mol. The normalized spacial score (nSPS) is 15.1. The van der Waals surface area contributed by atoms with Crippen LogP contribution in [0.5, 0.6) is 0 Å². The SMILES string of the molecule is Cc1ccc(CN2CCc3c(cccc3C(=O)O)C2)o1. The van der Waals surface area contributed by atoms with Gasteiger partial charge in [0.2, 0.25) is 0 Å². The first-order valence-electron chi connectivity index (χ1n) is 6.75. The number of hydrogen-bond acceptors (Lipinski definition) is 3. The largest absolute Gasteiger partial charge is 0.478 e. The van der Waals surface area contributed by atoms with Gasteiger partial charge in [0.1, 0.15) is 11.5 Å². The number of aromatic carboxylic acids is 1. The Hall–Kier alpha value is -2.07. The Kier molecular flexibility index (Phi) is 3.32. The summed E-state index contributed by atoms with van der Waals surface area (Å²) in [5, 5.41) is 9.22. The van der Waals surface area contributed by atoms with Crippen molar-refractivity contribution in [1.82, 2.24) is 4.90 Å². The molecule has 0 amide bonds. The second-order valence-electron chi connectivity index (χ2n) is 5.22. The molecule has 0 bridgehead atoms. The molecule has 0 atom stereocenters. The average Bonchev–Trinajstić information content (AvgIpc) is 2.83. The molecule has 1 aliphatic rings. The molecule has 2 aromatic rings. The van der Waals surface area contributed by atoms with Gasteiger partial charge in [-0.2, -0.15) is 0 Å². The van der Waals surface area contributed by atoms with Crippen LogP contribution in [-0.2, 0) is 19.5 Å². The van der Waals surface area contributed by atoms with Crippen molar-refractivity contribution in [3.8, 4) is 0 Å². The van der Waals surface area contributed by atoms with Gasteiger partial charge in [0, 0.05) is 13.1 Å². The lowest BCUT2D eigenvalue weighted by molar-refractivity contribution is 0.0694. The van der Waals surface area contributed by atoms with Crippen LogP contribution in [0, 0.1) is 6.92 Å². The van der Waals surface area contributed by atoms with E-state index in [1.165, 1.54) is 0 Å². The fraction of sp³-hybridized carbons (Fsp3) is 0.312. The van der Waals surface area contributed by atoms with Crippen molar-refractivity contribution in [2.45, 2.75) is 26.4 Å². The third-order valence-corrected chi connectivity index (χ3v) is 3.75. The molecule has 104 valence electrons. The molecule has 0 radical (unpaired) electrons. The predicted octanol–water partition coefficient (Wildman–Crippen LogP) is 2.84. The van der Waals surface area contributed by atoms with Crippen molar-refractivity contribution >= 4 is 5.97 Å². The molecule has 4 heteroatoms. The summed E-state index contributed by atoms with van der Waals surface area (Å²) >= 11 is 0.